The summed E-state index contributed by atoms with van der Waals surface area (Å²) in [4.78, 5) is 0.0193. The van der Waals surface area contributed by atoms with E-state index in [4.69, 9.17) is 22.6 Å². The highest BCUT2D eigenvalue weighted by Gasteiger charge is 2.22. The molecule has 5 nitrogen and oxygen atoms in total. The molecule has 7 heteroatoms. The quantitative estimate of drug-likeness (QED) is 0.880. The van der Waals surface area contributed by atoms with Gasteiger partial charge in [0.2, 0.25) is 0 Å². The van der Waals surface area contributed by atoms with Crippen LogP contribution in [0.2, 0.25) is 5.02 Å². The summed E-state index contributed by atoms with van der Waals surface area (Å²) in [5.41, 5.74) is 6.83. The van der Waals surface area contributed by atoms with Crippen molar-refractivity contribution in [2.24, 2.45) is 0 Å². The second-order valence-corrected chi connectivity index (χ2v) is 6.69. The van der Waals surface area contributed by atoms with Crippen molar-refractivity contribution < 1.29 is 8.42 Å². The molecular formula is C14H12ClN3O2S. The van der Waals surface area contributed by atoms with Crippen LogP contribution < -0.4 is 10.0 Å². The van der Waals surface area contributed by atoms with Crippen molar-refractivity contribution in [2.45, 2.75) is 4.90 Å². The minimum atomic E-state index is -3.75. The third-order valence-electron chi connectivity index (χ3n) is 2.98. The maximum atomic E-state index is 12.5. The predicted molar refractivity (Wildman–Crippen MR) is 82.6 cm³/mol. The van der Waals surface area contributed by atoms with Crippen LogP contribution in [-0.4, -0.2) is 15.5 Å². The Balaban J connectivity index is 2.44. The summed E-state index contributed by atoms with van der Waals surface area (Å²) in [7, 11) is -2.32. The second kappa shape index (κ2) is 5.64. The summed E-state index contributed by atoms with van der Waals surface area (Å²) in [5.74, 6) is 0. The summed E-state index contributed by atoms with van der Waals surface area (Å²) in [6, 6.07) is 12.3. The lowest BCUT2D eigenvalue weighted by Gasteiger charge is -2.19. The van der Waals surface area contributed by atoms with Crippen LogP contribution in [0.4, 0.5) is 11.4 Å². The number of nitrogen functional groups attached to an aromatic ring is 1. The summed E-state index contributed by atoms with van der Waals surface area (Å²) in [5, 5.41) is 8.92. The highest BCUT2D eigenvalue weighted by molar-refractivity contribution is 7.92. The summed E-state index contributed by atoms with van der Waals surface area (Å²) in [6.07, 6.45) is 0. The van der Waals surface area contributed by atoms with Gasteiger partial charge < -0.3 is 5.73 Å². The number of halogens is 1. The molecule has 21 heavy (non-hydrogen) atoms. The number of nitrogens with zero attached hydrogens (tertiary/aromatic N) is 2. The molecule has 2 rings (SSSR count). The minimum Gasteiger partial charge on any atom is -0.399 e. The Morgan fingerprint density at radius 2 is 1.81 bits per heavy atom. The van der Waals surface area contributed by atoms with Crippen molar-refractivity contribution in [3.05, 3.63) is 53.1 Å². The lowest BCUT2D eigenvalue weighted by Crippen LogP contribution is -2.26. The molecule has 0 atom stereocenters. The van der Waals surface area contributed by atoms with Gasteiger partial charge >= 0.3 is 0 Å². The third kappa shape index (κ3) is 2.94. The van der Waals surface area contributed by atoms with Crippen LogP contribution in [0.1, 0.15) is 5.56 Å². The third-order valence-corrected chi connectivity index (χ3v) is 5.07. The van der Waals surface area contributed by atoms with Gasteiger partial charge in [-0.1, -0.05) is 11.6 Å². The van der Waals surface area contributed by atoms with Crippen LogP contribution in [0.25, 0.3) is 0 Å². The average Bonchev–Trinajstić information content (AvgIpc) is 2.47. The van der Waals surface area contributed by atoms with E-state index in [2.05, 4.69) is 0 Å². The molecule has 0 aliphatic rings. The molecule has 0 aliphatic heterocycles. The van der Waals surface area contributed by atoms with Gasteiger partial charge in [-0.15, -0.1) is 0 Å². The van der Waals surface area contributed by atoms with Gasteiger partial charge in [-0.3, -0.25) is 4.31 Å². The van der Waals surface area contributed by atoms with E-state index >= 15 is 0 Å². The van der Waals surface area contributed by atoms with Crippen molar-refractivity contribution >= 4 is 33.0 Å². The molecule has 0 fully saturated rings. The number of anilines is 2. The Morgan fingerprint density at radius 3 is 2.33 bits per heavy atom. The summed E-state index contributed by atoms with van der Waals surface area (Å²) in [6.45, 7) is 0. The number of nitriles is 1. The molecule has 0 unspecified atom stereocenters. The summed E-state index contributed by atoms with van der Waals surface area (Å²) >= 11 is 5.89. The zero-order valence-corrected chi connectivity index (χ0v) is 12.7. The van der Waals surface area contributed by atoms with Crippen LogP contribution >= 0.6 is 11.6 Å². The van der Waals surface area contributed by atoms with E-state index in [1.165, 1.54) is 25.2 Å². The molecular weight excluding hydrogens is 310 g/mol. The Bertz CT molecular complexity index is 811. The molecule has 0 aromatic heterocycles. The van der Waals surface area contributed by atoms with Gasteiger partial charge in [-0.05, 0) is 42.5 Å². The zero-order chi connectivity index (χ0) is 15.6. The first-order valence-corrected chi connectivity index (χ1v) is 7.72. The first kappa shape index (κ1) is 15.2. The predicted octanol–water partition coefficient (Wildman–Crippen LogP) is 2.62. The molecule has 0 saturated carbocycles. The van der Waals surface area contributed by atoms with Gasteiger partial charge in [0.25, 0.3) is 10.0 Å². The van der Waals surface area contributed by atoms with Crippen LogP contribution in [0.15, 0.2) is 47.4 Å². The highest BCUT2D eigenvalue weighted by Crippen LogP contribution is 2.26. The monoisotopic (exact) mass is 321 g/mol. The lowest BCUT2D eigenvalue weighted by molar-refractivity contribution is 0.594. The second-order valence-electron chi connectivity index (χ2n) is 4.32. The Morgan fingerprint density at radius 1 is 1.19 bits per heavy atom. The summed E-state index contributed by atoms with van der Waals surface area (Å²) < 4.78 is 26.2. The first-order valence-electron chi connectivity index (χ1n) is 5.90. The van der Waals surface area contributed by atoms with Gasteiger partial charge in [-0.25, -0.2) is 8.42 Å². The number of sulfonamides is 1. The van der Waals surface area contributed by atoms with Gasteiger partial charge in [0.15, 0.2) is 0 Å². The zero-order valence-electron chi connectivity index (χ0n) is 11.1. The smallest absolute Gasteiger partial charge is 0.264 e. The number of rotatable bonds is 3. The molecule has 2 aromatic carbocycles. The molecule has 0 spiro atoms. The number of hydrogen-bond donors (Lipinski definition) is 1. The van der Waals surface area contributed by atoms with Gasteiger partial charge in [-0.2, -0.15) is 5.26 Å². The largest absolute Gasteiger partial charge is 0.399 e. The SMILES string of the molecule is CN(c1ccc(N)cc1)S(=O)(=O)c1ccc(C#N)c(Cl)c1. The highest BCUT2D eigenvalue weighted by atomic mass is 35.5. The minimum absolute atomic E-state index is 0.0193. The average molecular weight is 322 g/mol. The molecule has 0 radical (unpaired) electrons. The van der Waals surface area contributed by atoms with Crippen molar-refractivity contribution in [3.8, 4) is 6.07 Å². The van der Waals surface area contributed by atoms with Crippen LogP contribution in [0.5, 0.6) is 0 Å². The first-order chi connectivity index (χ1) is 9.86. The van der Waals surface area contributed by atoms with E-state index in [0.717, 1.165) is 4.31 Å². The lowest BCUT2D eigenvalue weighted by atomic mass is 10.2. The molecule has 0 heterocycles. The molecule has 0 saturated heterocycles. The van der Waals surface area contributed by atoms with E-state index in [0.29, 0.717) is 11.4 Å². The standard InChI is InChI=1S/C14H12ClN3O2S/c1-18(12-5-3-11(17)4-6-12)21(19,20)13-7-2-10(9-16)14(15)8-13/h2-8H,17H2,1H3. The van der Waals surface area contributed by atoms with E-state index in [1.807, 2.05) is 6.07 Å². The Labute approximate surface area is 128 Å². The van der Waals surface area contributed by atoms with E-state index in [-0.39, 0.29) is 15.5 Å². The normalized spacial score (nSPS) is 10.9. The van der Waals surface area contributed by atoms with Crippen LogP contribution in [0, 0.1) is 11.3 Å². The topological polar surface area (TPSA) is 87.2 Å². The number of hydrogen-bond acceptors (Lipinski definition) is 4. The number of benzene rings is 2. The van der Waals surface area contributed by atoms with Gasteiger partial charge in [0.05, 0.1) is 21.2 Å². The molecule has 0 aliphatic carbocycles. The fraction of sp³-hybridized carbons (Fsp3) is 0.0714. The van der Waals surface area contributed by atoms with E-state index in [9.17, 15) is 8.42 Å². The van der Waals surface area contributed by atoms with E-state index < -0.39 is 10.0 Å². The number of nitrogens with two attached hydrogens (primary N) is 1. The fourth-order valence-electron chi connectivity index (χ4n) is 1.73. The van der Waals surface area contributed by atoms with Gasteiger partial charge in [0, 0.05) is 12.7 Å². The van der Waals surface area contributed by atoms with Crippen molar-refractivity contribution in [3.63, 3.8) is 0 Å². The van der Waals surface area contributed by atoms with Crippen molar-refractivity contribution in [2.75, 3.05) is 17.1 Å². The maximum absolute atomic E-state index is 12.5. The fourth-order valence-corrected chi connectivity index (χ4v) is 3.24. The van der Waals surface area contributed by atoms with Crippen LogP contribution in [-0.2, 0) is 10.0 Å². The Kier molecular flexibility index (Phi) is 4.07. The Hall–Kier alpha value is -2.23. The van der Waals surface area contributed by atoms with Crippen molar-refractivity contribution in [1.82, 2.24) is 0 Å². The molecule has 0 amide bonds. The van der Waals surface area contributed by atoms with Crippen molar-refractivity contribution in [1.29, 1.82) is 5.26 Å². The molecule has 2 aromatic rings. The molecule has 108 valence electrons. The van der Waals surface area contributed by atoms with Crippen LogP contribution in [0.3, 0.4) is 0 Å². The van der Waals surface area contributed by atoms with Gasteiger partial charge in [0.1, 0.15) is 6.07 Å². The maximum Gasteiger partial charge on any atom is 0.264 e. The molecule has 0 bridgehead atoms. The van der Waals surface area contributed by atoms with E-state index in [1.54, 1.807) is 24.3 Å². The molecule has 2 N–H and O–H groups in total.